The van der Waals surface area contributed by atoms with Crippen molar-refractivity contribution >= 4 is 34.5 Å². The van der Waals surface area contributed by atoms with E-state index in [2.05, 4.69) is 15.3 Å². The Balaban J connectivity index is 2.10. The van der Waals surface area contributed by atoms with Gasteiger partial charge in [-0.1, -0.05) is 25.4 Å². The molecule has 20 heavy (non-hydrogen) atoms. The Morgan fingerprint density at radius 2 is 2.25 bits per heavy atom. The van der Waals surface area contributed by atoms with Gasteiger partial charge in [0.1, 0.15) is 5.82 Å². The van der Waals surface area contributed by atoms with Crippen LogP contribution in [0.3, 0.4) is 0 Å². The van der Waals surface area contributed by atoms with Gasteiger partial charge in [-0.05, 0) is 12.1 Å². The van der Waals surface area contributed by atoms with Crippen LogP contribution in [0.1, 0.15) is 41.0 Å². The molecule has 2 aromatic heterocycles. The lowest BCUT2D eigenvalue weighted by atomic mass is 10.2. The second kappa shape index (κ2) is 6.19. The number of hydrogen-bond acceptors (Lipinski definition) is 5. The van der Waals surface area contributed by atoms with Gasteiger partial charge in [0.25, 0.3) is 5.91 Å². The van der Waals surface area contributed by atoms with Crippen LogP contribution >= 0.6 is 22.9 Å². The number of carbonyl (C=O) groups is 1. The van der Waals surface area contributed by atoms with Crippen molar-refractivity contribution in [1.82, 2.24) is 15.3 Å². The van der Waals surface area contributed by atoms with Crippen LogP contribution in [0, 0.1) is 0 Å². The Labute approximate surface area is 126 Å². The van der Waals surface area contributed by atoms with Crippen LogP contribution in [-0.2, 0) is 6.54 Å². The summed E-state index contributed by atoms with van der Waals surface area (Å²) in [4.78, 5) is 21.4. The van der Waals surface area contributed by atoms with Gasteiger partial charge in [0, 0.05) is 10.8 Å². The number of aromatic nitrogens is 2. The molecular weight excluding hydrogens is 296 g/mol. The molecule has 7 heteroatoms. The number of nitrogen functional groups attached to an aromatic ring is 1. The van der Waals surface area contributed by atoms with Crippen molar-refractivity contribution in [3.63, 3.8) is 0 Å². The summed E-state index contributed by atoms with van der Waals surface area (Å²) >= 11 is 7.26. The predicted octanol–water partition coefficient (Wildman–Crippen LogP) is 2.83. The van der Waals surface area contributed by atoms with Crippen LogP contribution in [0.15, 0.2) is 18.3 Å². The monoisotopic (exact) mass is 310 g/mol. The number of nitrogens with two attached hydrogens (primary N) is 1. The van der Waals surface area contributed by atoms with Crippen molar-refractivity contribution < 1.29 is 4.79 Å². The topological polar surface area (TPSA) is 80.9 Å². The minimum absolute atomic E-state index is 0.137. The van der Waals surface area contributed by atoms with E-state index in [4.69, 9.17) is 17.3 Å². The summed E-state index contributed by atoms with van der Waals surface area (Å²) in [6.07, 6.45) is 1.47. The number of thiophene rings is 1. The van der Waals surface area contributed by atoms with Gasteiger partial charge >= 0.3 is 0 Å². The highest BCUT2D eigenvalue weighted by Crippen LogP contribution is 2.21. The summed E-state index contributed by atoms with van der Waals surface area (Å²) in [5.41, 5.74) is 6.25. The molecule has 0 aliphatic heterocycles. The fourth-order valence-electron chi connectivity index (χ4n) is 1.56. The largest absolute Gasteiger partial charge is 0.396 e. The Bertz CT molecular complexity index is 627. The zero-order valence-corrected chi connectivity index (χ0v) is 12.8. The molecule has 1 amide bonds. The summed E-state index contributed by atoms with van der Waals surface area (Å²) < 4.78 is 0.692. The van der Waals surface area contributed by atoms with E-state index < -0.39 is 0 Å². The molecule has 0 aliphatic rings. The smallest absolute Gasteiger partial charge is 0.272 e. The molecule has 0 saturated carbocycles. The Morgan fingerprint density at radius 3 is 2.85 bits per heavy atom. The summed E-state index contributed by atoms with van der Waals surface area (Å²) in [6.45, 7) is 4.32. The van der Waals surface area contributed by atoms with E-state index in [-0.39, 0.29) is 23.2 Å². The molecule has 2 heterocycles. The number of anilines is 1. The number of hydrogen-bond donors (Lipinski definition) is 2. The minimum Gasteiger partial charge on any atom is -0.396 e. The molecule has 106 valence electrons. The third kappa shape index (κ3) is 3.46. The maximum Gasteiger partial charge on any atom is 0.272 e. The predicted molar refractivity (Wildman–Crippen MR) is 81.0 cm³/mol. The van der Waals surface area contributed by atoms with E-state index in [1.807, 2.05) is 19.9 Å². The average Bonchev–Trinajstić information content (AvgIpc) is 2.82. The number of nitrogens with zero attached hydrogens (tertiary/aromatic N) is 2. The first-order valence-electron chi connectivity index (χ1n) is 6.12. The van der Waals surface area contributed by atoms with Gasteiger partial charge in [-0.15, -0.1) is 11.3 Å². The number of halogens is 1. The van der Waals surface area contributed by atoms with Gasteiger partial charge in [-0.2, -0.15) is 0 Å². The quantitative estimate of drug-likeness (QED) is 0.910. The lowest BCUT2D eigenvalue weighted by Gasteiger charge is -2.09. The number of carbonyl (C=O) groups excluding carboxylic acids is 1. The molecular formula is C13H15ClN4OS. The average molecular weight is 311 g/mol. The second-order valence-corrected chi connectivity index (χ2v) is 6.37. The third-order valence-electron chi connectivity index (χ3n) is 2.62. The van der Waals surface area contributed by atoms with Crippen molar-refractivity contribution in [3.05, 3.63) is 39.1 Å². The van der Waals surface area contributed by atoms with Crippen LogP contribution < -0.4 is 11.1 Å². The first kappa shape index (κ1) is 14.7. The van der Waals surface area contributed by atoms with Crippen LogP contribution in [0.5, 0.6) is 0 Å². The van der Waals surface area contributed by atoms with Gasteiger partial charge in [0.2, 0.25) is 0 Å². The molecule has 0 aromatic carbocycles. The number of nitrogens with one attached hydrogen (secondary N) is 1. The SMILES string of the molecule is CC(C)c1ncc(N)c(C(=O)NCc2ccc(Cl)s2)n1. The van der Waals surface area contributed by atoms with E-state index in [0.717, 1.165) is 4.88 Å². The normalized spacial score (nSPS) is 10.8. The third-order valence-corrected chi connectivity index (χ3v) is 3.85. The molecule has 0 spiro atoms. The highest BCUT2D eigenvalue weighted by atomic mass is 35.5. The minimum atomic E-state index is -0.309. The molecule has 2 rings (SSSR count). The van der Waals surface area contributed by atoms with E-state index in [9.17, 15) is 4.79 Å². The molecule has 0 saturated heterocycles. The van der Waals surface area contributed by atoms with Crippen molar-refractivity contribution in [1.29, 1.82) is 0 Å². The lowest BCUT2D eigenvalue weighted by Crippen LogP contribution is -2.25. The van der Waals surface area contributed by atoms with Gasteiger partial charge in [-0.25, -0.2) is 9.97 Å². The summed E-state index contributed by atoms with van der Waals surface area (Å²) in [7, 11) is 0. The Kier molecular flexibility index (Phi) is 4.57. The second-order valence-electron chi connectivity index (χ2n) is 4.58. The first-order chi connectivity index (χ1) is 9.47. The summed E-state index contributed by atoms with van der Waals surface area (Å²) in [5, 5.41) is 2.78. The fraction of sp³-hybridized carbons (Fsp3) is 0.308. The van der Waals surface area contributed by atoms with Gasteiger partial charge in [0.05, 0.1) is 22.8 Å². The van der Waals surface area contributed by atoms with Gasteiger partial charge in [-0.3, -0.25) is 4.79 Å². The van der Waals surface area contributed by atoms with E-state index in [1.165, 1.54) is 17.5 Å². The fourth-order valence-corrected chi connectivity index (χ4v) is 2.59. The molecule has 2 aromatic rings. The van der Waals surface area contributed by atoms with E-state index >= 15 is 0 Å². The Hall–Kier alpha value is -1.66. The summed E-state index contributed by atoms with van der Waals surface area (Å²) in [6, 6.07) is 3.67. The zero-order valence-electron chi connectivity index (χ0n) is 11.2. The maximum absolute atomic E-state index is 12.1. The van der Waals surface area contributed by atoms with Gasteiger partial charge in [0.15, 0.2) is 5.69 Å². The maximum atomic E-state index is 12.1. The van der Waals surface area contributed by atoms with Gasteiger partial charge < -0.3 is 11.1 Å². The van der Waals surface area contributed by atoms with Crippen LogP contribution in [0.2, 0.25) is 4.34 Å². The van der Waals surface area contributed by atoms with E-state index in [1.54, 1.807) is 6.07 Å². The molecule has 0 aliphatic carbocycles. The van der Waals surface area contributed by atoms with Crippen LogP contribution in [-0.4, -0.2) is 15.9 Å². The van der Waals surface area contributed by atoms with Crippen molar-refractivity contribution in [2.24, 2.45) is 0 Å². The number of amides is 1. The lowest BCUT2D eigenvalue weighted by molar-refractivity contribution is 0.0947. The molecule has 3 N–H and O–H groups in total. The first-order valence-corrected chi connectivity index (χ1v) is 7.31. The zero-order chi connectivity index (χ0) is 14.7. The molecule has 0 atom stereocenters. The van der Waals surface area contributed by atoms with Crippen LogP contribution in [0.25, 0.3) is 0 Å². The van der Waals surface area contributed by atoms with Crippen LogP contribution in [0.4, 0.5) is 5.69 Å². The number of rotatable bonds is 4. The van der Waals surface area contributed by atoms with E-state index in [0.29, 0.717) is 16.7 Å². The van der Waals surface area contributed by atoms with Crippen molar-refractivity contribution in [2.75, 3.05) is 5.73 Å². The molecule has 5 nitrogen and oxygen atoms in total. The molecule has 0 fully saturated rings. The molecule has 0 radical (unpaired) electrons. The highest BCUT2D eigenvalue weighted by molar-refractivity contribution is 7.16. The Morgan fingerprint density at radius 1 is 1.50 bits per heavy atom. The molecule has 0 unspecified atom stereocenters. The standard InChI is InChI=1S/C13H15ClN4OS/c1-7(2)12-16-6-9(15)11(18-12)13(19)17-5-8-3-4-10(14)20-8/h3-4,6-7H,5,15H2,1-2H3,(H,17,19). The van der Waals surface area contributed by atoms with Crippen molar-refractivity contribution in [2.45, 2.75) is 26.3 Å². The molecule has 0 bridgehead atoms. The highest BCUT2D eigenvalue weighted by Gasteiger charge is 2.14. The van der Waals surface area contributed by atoms with Crippen molar-refractivity contribution in [3.8, 4) is 0 Å². The summed E-state index contributed by atoms with van der Waals surface area (Å²) in [5.74, 6) is 0.429.